The summed E-state index contributed by atoms with van der Waals surface area (Å²) in [5, 5.41) is 6.63. The molecule has 1 atom stereocenters. The second-order valence-electron chi connectivity index (χ2n) is 7.35. The highest BCUT2D eigenvalue weighted by Crippen LogP contribution is 2.15. The van der Waals surface area contributed by atoms with Crippen LogP contribution in [0.3, 0.4) is 0 Å². The van der Waals surface area contributed by atoms with Crippen LogP contribution in [0.2, 0.25) is 0 Å². The summed E-state index contributed by atoms with van der Waals surface area (Å²) in [6.07, 6.45) is 1.80. The van der Waals surface area contributed by atoms with Crippen LogP contribution in [0.4, 0.5) is 0 Å². The second kappa shape index (κ2) is 14.8. The van der Waals surface area contributed by atoms with Gasteiger partial charge in [-0.05, 0) is 43.0 Å². The molecular formula is C24H35IN4O2. The van der Waals surface area contributed by atoms with Crippen LogP contribution in [0.5, 0.6) is 0 Å². The van der Waals surface area contributed by atoms with Crippen LogP contribution >= 0.6 is 24.0 Å². The molecule has 170 valence electrons. The Morgan fingerprint density at radius 2 is 1.77 bits per heavy atom. The minimum atomic E-state index is 0. The molecule has 0 fully saturated rings. The fourth-order valence-electron chi connectivity index (χ4n) is 3.02. The molecule has 0 aromatic heterocycles. The molecule has 7 heteroatoms. The number of amides is 1. The molecule has 0 radical (unpaired) electrons. The van der Waals surface area contributed by atoms with E-state index in [9.17, 15) is 4.79 Å². The molecule has 0 saturated heterocycles. The number of nitrogens with zero attached hydrogens (tertiary/aromatic N) is 2. The maximum Gasteiger partial charge on any atom is 0.253 e. The van der Waals surface area contributed by atoms with Crippen LogP contribution in [0, 0.1) is 0 Å². The molecule has 0 aliphatic heterocycles. The molecule has 0 aliphatic rings. The van der Waals surface area contributed by atoms with E-state index in [0.29, 0.717) is 12.2 Å². The molecule has 0 bridgehead atoms. The van der Waals surface area contributed by atoms with Gasteiger partial charge in [0.1, 0.15) is 0 Å². The zero-order chi connectivity index (χ0) is 21.8. The highest BCUT2D eigenvalue weighted by atomic mass is 127. The summed E-state index contributed by atoms with van der Waals surface area (Å²) in [4.78, 5) is 17.9. The van der Waals surface area contributed by atoms with Crippen LogP contribution in [-0.2, 0) is 11.2 Å². The fraction of sp³-hybridized carbons (Fsp3) is 0.417. The summed E-state index contributed by atoms with van der Waals surface area (Å²) in [5.74, 6) is 0.790. The lowest BCUT2D eigenvalue weighted by atomic mass is 10.1. The van der Waals surface area contributed by atoms with Crippen molar-refractivity contribution in [2.75, 3.05) is 40.8 Å². The van der Waals surface area contributed by atoms with Crippen LogP contribution in [0.1, 0.15) is 40.9 Å². The number of aliphatic imine (C=N–C) groups is 1. The average Bonchev–Trinajstić information content (AvgIpc) is 2.77. The molecule has 1 amide bonds. The number of hydrogen-bond acceptors (Lipinski definition) is 3. The van der Waals surface area contributed by atoms with Gasteiger partial charge in [0, 0.05) is 46.4 Å². The third-order valence-corrected chi connectivity index (χ3v) is 4.76. The number of carbonyl (C=O) groups is 1. The molecule has 6 nitrogen and oxygen atoms in total. The first-order chi connectivity index (χ1) is 14.5. The highest BCUT2D eigenvalue weighted by molar-refractivity contribution is 14.0. The van der Waals surface area contributed by atoms with Crippen molar-refractivity contribution in [2.24, 2.45) is 4.99 Å². The SMILES string of the molecule is CN=C(NCCCOC(C)c1ccccc1)NCCc1cccc(C(=O)N(C)C)c1.I. The minimum Gasteiger partial charge on any atom is -0.374 e. The lowest BCUT2D eigenvalue weighted by molar-refractivity contribution is 0.0646. The lowest BCUT2D eigenvalue weighted by Crippen LogP contribution is -2.39. The molecule has 31 heavy (non-hydrogen) atoms. The Bertz CT molecular complexity index is 812. The Labute approximate surface area is 203 Å². The Kier molecular flexibility index (Phi) is 12.8. The van der Waals surface area contributed by atoms with E-state index in [4.69, 9.17) is 4.74 Å². The third kappa shape index (κ3) is 9.69. The van der Waals surface area contributed by atoms with Crippen LogP contribution in [0.15, 0.2) is 59.6 Å². The fourth-order valence-corrected chi connectivity index (χ4v) is 3.02. The van der Waals surface area contributed by atoms with Crippen molar-refractivity contribution in [3.8, 4) is 0 Å². The van der Waals surface area contributed by atoms with Crippen molar-refractivity contribution in [3.63, 3.8) is 0 Å². The topological polar surface area (TPSA) is 66.0 Å². The average molecular weight is 538 g/mol. The molecule has 2 rings (SSSR count). The summed E-state index contributed by atoms with van der Waals surface area (Å²) in [6, 6.07) is 18.0. The zero-order valence-corrected chi connectivity index (χ0v) is 21.3. The zero-order valence-electron chi connectivity index (χ0n) is 18.9. The Balaban J connectivity index is 0.00000480. The Morgan fingerprint density at radius 1 is 1.06 bits per heavy atom. The largest absolute Gasteiger partial charge is 0.374 e. The smallest absolute Gasteiger partial charge is 0.253 e. The van der Waals surface area contributed by atoms with Gasteiger partial charge in [0.15, 0.2) is 5.96 Å². The van der Waals surface area contributed by atoms with Gasteiger partial charge in [0.05, 0.1) is 6.10 Å². The summed E-state index contributed by atoms with van der Waals surface area (Å²) in [5.41, 5.74) is 3.03. The number of carbonyl (C=O) groups excluding carboxylic acids is 1. The number of nitrogens with one attached hydrogen (secondary N) is 2. The quantitative estimate of drug-likeness (QED) is 0.209. The molecular weight excluding hydrogens is 503 g/mol. The van der Waals surface area contributed by atoms with Gasteiger partial charge in [0.25, 0.3) is 5.91 Å². The maximum absolute atomic E-state index is 12.1. The molecule has 0 spiro atoms. The summed E-state index contributed by atoms with van der Waals surface area (Å²) in [6.45, 7) is 4.28. The molecule has 0 aliphatic carbocycles. The van der Waals surface area contributed by atoms with E-state index in [-0.39, 0.29) is 36.0 Å². The summed E-state index contributed by atoms with van der Waals surface area (Å²) < 4.78 is 5.90. The van der Waals surface area contributed by atoms with Gasteiger partial charge in [-0.2, -0.15) is 0 Å². The Hall–Kier alpha value is -2.13. The number of rotatable bonds is 10. The van der Waals surface area contributed by atoms with E-state index in [1.807, 2.05) is 42.5 Å². The second-order valence-corrected chi connectivity index (χ2v) is 7.35. The third-order valence-electron chi connectivity index (χ3n) is 4.76. The van der Waals surface area contributed by atoms with Crippen molar-refractivity contribution in [1.82, 2.24) is 15.5 Å². The van der Waals surface area contributed by atoms with Gasteiger partial charge in [-0.15, -0.1) is 24.0 Å². The maximum atomic E-state index is 12.1. The monoisotopic (exact) mass is 538 g/mol. The molecule has 0 saturated carbocycles. The first kappa shape index (κ1) is 26.9. The number of hydrogen-bond donors (Lipinski definition) is 2. The van der Waals surface area contributed by atoms with Crippen molar-refractivity contribution in [1.29, 1.82) is 0 Å². The Morgan fingerprint density at radius 3 is 2.45 bits per heavy atom. The molecule has 2 aromatic rings. The number of halogens is 1. The van der Waals surface area contributed by atoms with Crippen molar-refractivity contribution >= 4 is 35.8 Å². The predicted octanol–water partition coefficient (Wildman–Crippen LogP) is 3.88. The first-order valence-electron chi connectivity index (χ1n) is 10.4. The van der Waals surface area contributed by atoms with Crippen LogP contribution < -0.4 is 10.6 Å². The molecule has 2 aromatic carbocycles. The van der Waals surface area contributed by atoms with E-state index >= 15 is 0 Å². The van der Waals surface area contributed by atoms with Crippen molar-refractivity contribution in [3.05, 3.63) is 71.3 Å². The number of benzene rings is 2. The van der Waals surface area contributed by atoms with Crippen LogP contribution in [-0.4, -0.2) is 57.6 Å². The normalized spacial score (nSPS) is 11.9. The standard InChI is InChI=1S/C24H34N4O2.HI/c1-19(21-11-6-5-7-12-21)30-17-9-15-26-24(25-2)27-16-14-20-10-8-13-22(18-20)23(29)28(3)4;/h5-8,10-13,18-19H,9,14-17H2,1-4H3,(H2,25,26,27);1H. The van der Waals surface area contributed by atoms with E-state index in [1.54, 1.807) is 26.0 Å². The van der Waals surface area contributed by atoms with E-state index in [1.165, 1.54) is 5.56 Å². The predicted molar refractivity (Wildman–Crippen MR) is 138 cm³/mol. The van der Waals surface area contributed by atoms with E-state index in [2.05, 4.69) is 34.7 Å². The summed E-state index contributed by atoms with van der Waals surface area (Å²) in [7, 11) is 5.29. The highest BCUT2D eigenvalue weighted by Gasteiger charge is 2.08. The van der Waals surface area contributed by atoms with Crippen molar-refractivity contribution in [2.45, 2.75) is 25.9 Å². The minimum absolute atomic E-state index is 0. The van der Waals surface area contributed by atoms with Gasteiger partial charge >= 0.3 is 0 Å². The van der Waals surface area contributed by atoms with E-state index < -0.39 is 0 Å². The van der Waals surface area contributed by atoms with Gasteiger partial charge < -0.3 is 20.3 Å². The molecule has 2 N–H and O–H groups in total. The molecule has 1 unspecified atom stereocenters. The van der Waals surface area contributed by atoms with Gasteiger partial charge in [0.2, 0.25) is 0 Å². The van der Waals surface area contributed by atoms with Gasteiger partial charge in [-0.1, -0.05) is 42.5 Å². The van der Waals surface area contributed by atoms with Crippen LogP contribution in [0.25, 0.3) is 0 Å². The first-order valence-corrected chi connectivity index (χ1v) is 10.4. The van der Waals surface area contributed by atoms with Gasteiger partial charge in [-0.25, -0.2) is 0 Å². The molecule has 0 heterocycles. The number of ether oxygens (including phenoxy) is 1. The van der Waals surface area contributed by atoms with E-state index in [0.717, 1.165) is 37.5 Å². The lowest BCUT2D eigenvalue weighted by Gasteiger charge is -2.15. The summed E-state index contributed by atoms with van der Waals surface area (Å²) >= 11 is 0. The van der Waals surface area contributed by atoms with Crippen molar-refractivity contribution < 1.29 is 9.53 Å². The number of guanidine groups is 1. The van der Waals surface area contributed by atoms with Gasteiger partial charge in [-0.3, -0.25) is 9.79 Å².